The van der Waals surface area contributed by atoms with Crippen molar-refractivity contribution >= 4 is 38.4 Å². The van der Waals surface area contributed by atoms with Gasteiger partial charge >= 0.3 is 0 Å². The van der Waals surface area contributed by atoms with Crippen LogP contribution in [0.5, 0.6) is 0 Å². The molecule has 0 spiro atoms. The molecule has 1 saturated heterocycles. The molecule has 3 heterocycles. The van der Waals surface area contributed by atoms with E-state index >= 15 is 0 Å². The zero-order valence-corrected chi connectivity index (χ0v) is 20.4. The molecule has 1 aliphatic heterocycles. The fourth-order valence-corrected chi connectivity index (χ4v) is 4.69. The van der Waals surface area contributed by atoms with E-state index in [9.17, 15) is 13.2 Å². The molecule has 0 aliphatic carbocycles. The standard InChI is InChI=1S/C25H26N6O3S/c1-29-13-15-30(16-14-29)24(32)18-3-5-20(6-4-18)27-25-26-17-19-11-12-31(23(19)28-25)21-7-9-22(10-8-21)35(2,33)34/h3-12,17H,13-16H2,1-2H3,(H,26,27,28). The Hall–Kier alpha value is -3.76. The second-order valence-electron chi connectivity index (χ2n) is 8.72. The quantitative estimate of drug-likeness (QED) is 0.459. The van der Waals surface area contributed by atoms with Gasteiger partial charge < -0.3 is 19.7 Å². The Morgan fingerprint density at radius 1 is 0.943 bits per heavy atom. The number of anilines is 2. The summed E-state index contributed by atoms with van der Waals surface area (Å²) in [6.45, 7) is 3.24. The number of benzene rings is 2. The maximum Gasteiger partial charge on any atom is 0.253 e. The average Bonchev–Trinajstić information content (AvgIpc) is 3.27. The summed E-state index contributed by atoms with van der Waals surface area (Å²) in [5.74, 6) is 0.463. The van der Waals surface area contributed by atoms with Crippen LogP contribution >= 0.6 is 0 Å². The van der Waals surface area contributed by atoms with E-state index in [-0.39, 0.29) is 10.8 Å². The van der Waals surface area contributed by atoms with Crippen LogP contribution in [0.3, 0.4) is 0 Å². The Morgan fingerprint density at radius 2 is 1.63 bits per heavy atom. The predicted molar refractivity (Wildman–Crippen MR) is 135 cm³/mol. The number of carbonyl (C=O) groups excluding carboxylic acids is 1. The number of piperazine rings is 1. The number of hydrogen-bond acceptors (Lipinski definition) is 7. The number of amides is 1. The summed E-state index contributed by atoms with van der Waals surface area (Å²) in [5, 5.41) is 4.06. The first kappa shape index (κ1) is 23.0. The van der Waals surface area contributed by atoms with Crippen LogP contribution in [0, 0.1) is 0 Å². The molecule has 1 amide bonds. The number of aromatic nitrogens is 3. The molecule has 2 aromatic heterocycles. The van der Waals surface area contributed by atoms with Crippen molar-refractivity contribution in [1.82, 2.24) is 24.3 Å². The van der Waals surface area contributed by atoms with Gasteiger partial charge in [-0.15, -0.1) is 0 Å². The maximum atomic E-state index is 12.8. The van der Waals surface area contributed by atoms with E-state index in [1.165, 1.54) is 6.26 Å². The lowest BCUT2D eigenvalue weighted by atomic mass is 10.1. The van der Waals surface area contributed by atoms with E-state index in [1.807, 2.05) is 46.0 Å². The molecule has 1 aliphatic rings. The van der Waals surface area contributed by atoms with Crippen LogP contribution in [0.15, 0.2) is 71.9 Å². The highest BCUT2D eigenvalue weighted by atomic mass is 32.2. The van der Waals surface area contributed by atoms with Crippen LogP contribution < -0.4 is 5.32 Å². The van der Waals surface area contributed by atoms with Gasteiger partial charge in [0.15, 0.2) is 9.84 Å². The van der Waals surface area contributed by atoms with Gasteiger partial charge in [0.25, 0.3) is 5.91 Å². The number of hydrogen-bond donors (Lipinski definition) is 1. The molecule has 0 unspecified atom stereocenters. The number of likely N-dealkylation sites (N-methyl/N-ethyl adjacent to an activating group) is 1. The van der Waals surface area contributed by atoms with Crippen molar-refractivity contribution in [2.45, 2.75) is 4.90 Å². The lowest BCUT2D eigenvalue weighted by Crippen LogP contribution is -2.47. The summed E-state index contributed by atoms with van der Waals surface area (Å²) in [4.78, 5) is 26.2. The monoisotopic (exact) mass is 490 g/mol. The van der Waals surface area contributed by atoms with Gasteiger partial charge in [-0.25, -0.2) is 13.4 Å². The minimum absolute atomic E-state index is 0.0436. The van der Waals surface area contributed by atoms with Gasteiger partial charge in [0.2, 0.25) is 5.95 Å². The maximum absolute atomic E-state index is 12.8. The Kier molecular flexibility index (Phi) is 6.00. The molecule has 2 aromatic carbocycles. The number of fused-ring (bicyclic) bond motifs is 1. The Morgan fingerprint density at radius 3 is 2.29 bits per heavy atom. The van der Waals surface area contributed by atoms with Crippen molar-refractivity contribution in [3.63, 3.8) is 0 Å². The van der Waals surface area contributed by atoms with Gasteiger partial charge in [-0.05, 0) is 61.6 Å². The number of nitrogens with zero attached hydrogens (tertiary/aromatic N) is 5. The van der Waals surface area contributed by atoms with E-state index in [2.05, 4.69) is 27.2 Å². The van der Waals surface area contributed by atoms with Gasteiger partial charge in [-0.2, -0.15) is 4.98 Å². The fourth-order valence-electron chi connectivity index (χ4n) is 4.06. The molecule has 10 heteroatoms. The van der Waals surface area contributed by atoms with Gasteiger partial charge in [0.05, 0.1) is 4.90 Å². The van der Waals surface area contributed by atoms with Crippen LogP contribution in [0.25, 0.3) is 16.7 Å². The summed E-state index contributed by atoms with van der Waals surface area (Å²) < 4.78 is 25.4. The summed E-state index contributed by atoms with van der Waals surface area (Å²) in [7, 11) is -1.20. The topological polar surface area (TPSA) is 100 Å². The molecule has 9 nitrogen and oxygen atoms in total. The number of rotatable bonds is 5. The second-order valence-corrected chi connectivity index (χ2v) is 10.7. The lowest BCUT2D eigenvalue weighted by Gasteiger charge is -2.32. The van der Waals surface area contributed by atoms with E-state index in [1.54, 1.807) is 30.5 Å². The third-order valence-electron chi connectivity index (χ3n) is 6.15. The molecule has 1 N–H and O–H groups in total. The zero-order valence-electron chi connectivity index (χ0n) is 19.5. The molecule has 0 atom stereocenters. The summed E-state index contributed by atoms with van der Waals surface area (Å²) >= 11 is 0. The van der Waals surface area contributed by atoms with Crippen molar-refractivity contribution < 1.29 is 13.2 Å². The normalized spacial score (nSPS) is 14.9. The minimum atomic E-state index is -3.26. The lowest BCUT2D eigenvalue weighted by molar-refractivity contribution is 0.0664. The van der Waals surface area contributed by atoms with Gasteiger partial charge in [-0.3, -0.25) is 4.79 Å². The highest BCUT2D eigenvalue weighted by Gasteiger charge is 2.20. The van der Waals surface area contributed by atoms with Gasteiger partial charge in [0, 0.05) is 67.2 Å². The van der Waals surface area contributed by atoms with E-state index in [4.69, 9.17) is 0 Å². The number of carbonyl (C=O) groups is 1. The molecule has 0 radical (unpaired) electrons. The zero-order chi connectivity index (χ0) is 24.6. The molecule has 180 valence electrons. The number of sulfone groups is 1. The molecule has 0 bridgehead atoms. The molecular formula is C25H26N6O3S. The van der Waals surface area contributed by atoms with Gasteiger partial charge in [-0.1, -0.05) is 0 Å². The highest BCUT2D eigenvalue weighted by Crippen LogP contribution is 2.22. The van der Waals surface area contributed by atoms with Crippen molar-refractivity contribution in [3.8, 4) is 5.69 Å². The predicted octanol–water partition coefficient (Wildman–Crippen LogP) is 2.96. The Balaban J connectivity index is 1.34. The van der Waals surface area contributed by atoms with Crippen LogP contribution in [0.1, 0.15) is 10.4 Å². The Bertz CT molecular complexity index is 1470. The summed E-state index contributed by atoms with van der Waals surface area (Å²) in [6, 6.07) is 15.9. The largest absolute Gasteiger partial charge is 0.336 e. The van der Waals surface area contributed by atoms with Crippen molar-refractivity contribution in [2.75, 3.05) is 44.8 Å². The van der Waals surface area contributed by atoms with E-state index in [0.717, 1.165) is 42.9 Å². The second kappa shape index (κ2) is 9.12. The SMILES string of the molecule is CN1CCN(C(=O)c2ccc(Nc3ncc4ccn(-c5ccc(S(C)(=O)=O)cc5)c4n3)cc2)CC1. The molecule has 4 aromatic rings. The molecule has 1 fully saturated rings. The summed E-state index contributed by atoms with van der Waals surface area (Å²) in [5.41, 5.74) is 2.91. The third kappa shape index (κ3) is 4.89. The smallest absolute Gasteiger partial charge is 0.253 e. The first-order valence-electron chi connectivity index (χ1n) is 11.3. The first-order valence-corrected chi connectivity index (χ1v) is 13.2. The van der Waals surface area contributed by atoms with Crippen molar-refractivity contribution in [2.24, 2.45) is 0 Å². The number of nitrogens with one attached hydrogen (secondary N) is 1. The molecule has 35 heavy (non-hydrogen) atoms. The Labute approximate surface area is 203 Å². The highest BCUT2D eigenvalue weighted by molar-refractivity contribution is 7.90. The molecular weight excluding hydrogens is 464 g/mol. The van der Waals surface area contributed by atoms with Crippen LogP contribution in [-0.4, -0.2) is 78.1 Å². The fraction of sp³-hybridized carbons (Fsp3) is 0.240. The van der Waals surface area contributed by atoms with E-state index < -0.39 is 9.84 Å². The first-order chi connectivity index (χ1) is 16.8. The van der Waals surface area contributed by atoms with Crippen LogP contribution in [-0.2, 0) is 9.84 Å². The summed E-state index contributed by atoms with van der Waals surface area (Å²) in [6.07, 6.45) is 4.79. The van der Waals surface area contributed by atoms with Crippen LogP contribution in [0.2, 0.25) is 0 Å². The average molecular weight is 491 g/mol. The molecule has 5 rings (SSSR count). The molecule has 0 saturated carbocycles. The van der Waals surface area contributed by atoms with Crippen molar-refractivity contribution in [3.05, 3.63) is 72.6 Å². The van der Waals surface area contributed by atoms with Crippen molar-refractivity contribution in [1.29, 1.82) is 0 Å². The minimum Gasteiger partial charge on any atom is -0.336 e. The third-order valence-corrected chi connectivity index (χ3v) is 7.28. The van der Waals surface area contributed by atoms with E-state index in [0.29, 0.717) is 17.2 Å². The van der Waals surface area contributed by atoms with Gasteiger partial charge in [0.1, 0.15) is 5.65 Å². The van der Waals surface area contributed by atoms with Crippen LogP contribution in [0.4, 0.5) is 11.6 Å².